The third kappa shape index (κ3) is 3.71. The first kappa shape index (κ1) is 15.1. The minimum Gasteiger partial charge on any atom is -0.220 e. The van der Waals surface area contributed by atoms with E-state index in [1.165, 1.54) is 0 Å². The molecular weight excluding hydrogens is 354 g/mol. The van der Waals surface area contributed by atoms with Crippen LogP contribution in [0.3, 0.4) is 0 Å². The Bertz CT molecular complexity index is 860. The molecule has 112 valence electrons. The first-order valence-electron chi connectivity index (χ1n) is 6.94. The first-order chi connectivity index (χ1) is 11.3. The van der Waals surface area contributed by atoms with Crippen molar-refractivity contribution in [3.05, 3.63) is 76.0 Å². The van der Waals surface area contributed by atoms with Gasteiger partial charge >= 0.3 is 0 Å². The maximum Gasteiger partial charge on any atom is 0.193 e. The van der Waals surface area contributed by atoms with Gasteiger partial charge in [0.15, 0.2) is 5.82 Å². The van der Waals surface area contributed by atoms with Crippen molar-refractivity contribution in [1.82, 2.24) is 20.2 Å². The Balaban J connectivity index is 1.91. The van der Waals surface area contributed by atoms with Gasteiger partial charge in [-0.1, -0.05) is 58.4 Å². The van der Waals surface area contributed by atoms with E-state index >= 15 is 0 Å². The Morgan fingerprint density at radius 2 is 1.87 bits per heavy atom. The van der Waals surface area contributed by atoms with Crippen molar-refractivity contribution in [3.63, 3.8) is 0 Å². The lowest BCUT2D eigenvalue weighted by atomic mass is 10.1. The lowest BCUT2D eigenvalue weighted by Crippen LogP contribution is -2.06. The van der Waals surface area contributed by atoms with E-state index in [0.29, 0.717) is 17.9 Å². The minimum atomic E-state index is 0.429. The standard InChI is InChI=1S/C17H12BrN5/c18-16-8-6-14(7-9-16)12-23-17(20-21-22-23)15(11-19)10-13-4-2-1-3-5-13/h1-10H,12H2. The van der Waals surface area contributed by atoms with Gasteiger partial charge in [0, 0.05) is 4.47 Å². The number of nitriles is 1. The summed E-state index contributed by atoms with van der Waals surface area (Å²) in [6.07, 6.45) is 1.78. The Morgan fingerprint density at radius 1 is 1.13 bits per heavy atom. The average Bonchev–Trinajstić information content (AvgIpc) is 3.04. The predicted molar refractivity (Wildman–Crippen MR) is 91.0 cm³/mol. The molecule has 0 aliphatic rings. The summed E-state index contributed by atoms with van der Waals surface area (Å²) in [5.74, 6) is 0.458. The van der Waals surface area contributed by atoms with Crippen molar-refractivity contribution >= 4 is 27.6 Å². The molecule has 1 heterocycles. The second-order valence-corrected chi connectivity index (χ2v) is 5.78. The molecule has 0 aliphatic heterocycles. The van der Waals surface area contributed by atoms with Gasteiger partial charge in [-0.15, -0.1) is 5.10 Å². The smallest absolute Gasteiger partial charge is 0.193 e. The largest absolute Gasteiger partial charge is 0.220 e. The molecule has 3 rings (SSSR count). The molecule has 0 fully saturated rings. The van der Waals surface area contributed by atoms with Crippen LogP contribution in [0.25, 0.3) is 11.6 Å². The number of halogens is 1. The van der Waals surface area contributed by atoms with Crippen molar-refractivity contribution in [3.8, 4) is 6.07 Å². The average molecular weight is 366 g/mol. The zero-order valence-corrected chi connectivity index (χ0v) is 13.7. The van der Waals surface area contributed by atoms with Crippen LogP contribution in [0.5, 0.6) is 0 Å². The van der Waals surface area contributed by atoms with Crippen molar-refractivity contribution in [2.45, 2.75) is 6.54 Å². The number of aromatic nitrogens is 4. The number of hydrogen-bond donors (Lipinski definition) is 0. The van der Waals surface area contributed by atoms with Crippen LogP contribution < -0.4 is 0 Å². The van der Waals surface area contributed by atoms with E-state index in [9.17, 15) is 5.26 Å². The second kappa shape index (κ2) is 6.99. The van der Waals surface area contributed by atoms with E-state index in [0.717, 1.165) is 15.6 Å². The fourth-order valence-corrected chi connectivity index (χ4v) is 2.39. The topological polar surface area (TPSA) is 67.4 Å². The minimum absolute atomic E-state index is 0.429. The van der Waals surface area contributed by atoms with E-state index < -0.39 is 0 Å². The normalized spacial score (nSPS) is 11.2. The second-order valence-electron chi connectivity index (χ2n) is 4.87. The number of rotatable bonds is 4. The molecule has 0 unspecified atom stereocenters. The van der Waals surface area contributed by atoms with E-state index in [4.69, 9.17) is 0 Å². The molecule has 23 heavy (non-hydrogen) atoms. The Hall–Kier alpha value is -2.78. The van der Waals surface area contributed by atoms with Crippen LogP contribution >= 0.6 is 15.9 Å². The van der Waals surface area contributed by atoms with Gasteiger partial charge in [-0.3, -0.25) is 0 Å². The van der Waals surface area contributed by atoms with Gasteiger partial charge in [0.2, 0.25) is 0 Å². The summed E-state index contributed by atoms with van der Waals surface area (Å²) < 4.78 is 2.64. The molecule has 0 spiro atoms. The van der Waals surface area contributed by atoms with Crippen LogP contribution in [0.4, 0.5) is 0 Å². The van der Waals surface area contributed by atoms with Crippen LogP contribution in [0.2, 0.25) is 0 Å². The Morgan fingerprint density at radius 3 is 2.57 bits per heavy atom. The van der Waals surface area contributed by atoms with Crippen LogP contribution in [-0.4, -0.2) is 20.2 Å². The van der Waals surface area contributed by atoms with Gasteiger partial charge in [0.25, 0.3) is 0 Å². The van der Waals surface area contributed by atoms with Crippen LogP contribution in [0, 0.1) is 11.3 Å². The number of benzene rings is 2. The quantitative estimate of drug-likeness (QED) is 0.663. The third-order valence-electron chi connectivity index (χ3n) is 3.25. The maximum atomic E-state index is 9.45. The molecule has 0 saturated carbocycles. The molecule has 6 heteroatoms. The molecular formula is C17H12BrN5. The SMILES string of the molecule is N#CC(=Cc1ccccc1)c1nnnn1Cc1ccc(Br)cc1. The fourth-order valence-electron chi connectivity index (χ4n) is 2.13. The lowest BCUT2D eigenvalue weighted by Gasteiger charge is -2.04. The molecule has 3 aromatic rings. The van der Waals surface area contributed by atoms with Crippen molar-refractivity contribution < 1.29 is 0 Å². The maximum absolute atomic E-state index is 9.45. The molecule has 0 atom stereocenters. The summed E-state index contributed by atoms with van der Waals surface area (Å²) in [5.41, 5.74) is 2.42. The Kier molecular flexibility index (Phi) is 4.60. The summed E-state index contributed by atoms with van der Waals surface area (Å²) in [4.78, 5) is 0. The number of allylic oxidation sites excluding steroid dienone is 1. The van der Waals surface area contributed by atoms with E-state index in [2.05, 4.69) is 37.5 Å². The van der Waals surface area contributed by atoms with Gasteiger partial charge < -0.3 is 0 Å². The number of hydrogen-bond acceptors (Lipinski definition) is 4. The predicted octanol–water partition coefficient (Wildman–Crippen LogP) is 3.55. The monoisotopic (exact) mass is 365 g/mol. The summed E-state index contributed by atoms with van der Waals surface area (Å²) in [7, 11) is 0. The summed E-state index contributed by atoms with van der Waals surface area (Å²) in [5, 5.41) is 21.2. The molecule has 0 bridgehead atoms. The van der Waals surface area contributed by atoms with E-state index in [-0.39, 0.29) is 0 Å². The van der Waals surface area contributed by atoms with Crippen LogP contribution in [-0.2, 0) is 6.54 Å². The van der Waals surface area contributed by atoms with Crippen molar-refractivity contribution in [2.75, 3.05) is 0 Å². The molecule has 0 amide bonds. The molecule has 2 aromatic carbocycles. The van der Waals surface area contributed by atoms with Gasteiger partial charge in [-0.25, -0.2) is 4.68 Å². The third-order valence-corrected chi connectivity index (χ3v) is 3.78. The van der Waals surface area contributed by atoms with Crippen LogP contribution in [0.1, 0.15) is 17.0 Å². The fraction of sp³-hybridized carbons (Fsp3) is 0.0588. The number of nitrogens with zero attached hydrogens (tertiary/aromatic N) is 5. The van der Waals surface area contributed by atoms with Gasteiger partial charge in [-0.2, -0.15) is 5.26 Å². The molecule has 0 saturated heterocycles. The Labute approximate surface area is 142 Å². The zero-order chi connectivity index (χ0) is 16.1. The highest BCUT2D eigenvalue weighted by molar-refractivity contribution is 9.10. The summed E-state index contributed by atoms with van der Waals surface area (Å²) >= 11 is 3.41. The van der Waals surface area contributed by atoms with E-state index in [1.807, 2.05) is 54.6 Å². The van der Waals surface area contributed by atoms with Crippen LogP contribution in [0.15, 0.2) is 59.1 Å². The summed E-state index contributed by atoms with van der Waals surface area (Å²) in [6.45, 7) is 0.503. The molecule has 5 nitrogen and oxygen atoms in total. The number of tetrazole rings is 1. The van der Waals surface area contributed by atoms with Gasteiger partial charge in [0.1, 0.15) is 6.07 Å². The van der Waals surface area contributed by atoms with Crippen molar-refractivity contribution in [2.24, 2.45) is 0 Å². The van der Waals surface area contributed by atoms with E-state index in [1.54, 1.807) is 10.8 Å². The summed E-state index contributed by atoms with van der Waals surface area (Å²) in [6, 6.07) is 19.7. The first-order valence-corrected chi connectivity index (χ1v) is 7.73. The van der Waals surface area contributed by atoms with Crippen molar-refractivity contribution in [1.29, 1.82) is 5.26 Å². The highest BCUT2D eigenvalue weighted by Crippen LogP contribution is 2.17. The zero-order valence-electron chi connectivity index (χ0n) is 12.1. The molecule has 0 radical (unpaired) electrons. The van der Waals surface area contributed by atoms with Gasteiger partial charge in [0.05, 0.1) is 12.1 Å². The van der Waals surface area contributed by atoms with Gasteiger partial charge in [-0.05, 0) is 39.8 Å². The highest BCUT2D eigenvalue weighted by atomic mass is 79.9. The highest BCUT2D eigenvalue weighted by Gasteiger charge is 2.12. The molecule has 0 aliphatic carbocycles. The lowest BCUT2D eigenvalue weighted by molar-refractivity contribution is 0.643. The molecule has 0 N–H and O–H groups in total. The molecule has 1 aromatic heterocycles.